The summed E-state index contributed by atoms with van der Waals surface area (Å²) in [5.41, 5.74) is 3.97. The van der Waals surface area contributed by atoms with Gasteiger partial charge in [-0.1, -0.05) is 30.7 Å². The maximum absolute atomic E-state index is 13.5. The van der Waals surface area contributed by atoms with Gasteiger partial charge in [-0.05, 0) is 56.1 Å². The highest BCUT2D eigenvalue weighted by Crippen LogP contribution is 2.40. The van der Waals surface area contributed by atoms with Crippen LogP contribution in [0.1, 0.15) is 48.8 Å². The van der Waals surface area contributed by atoms with E-state index in [1.807, 2.05) is 0 Å². The molecule has 2 rings (SSSR count). The lowest BCUT2D eigenvalue weighted by Gasteiger charge is -2.32. The first kappa shape index (κ1) is 11.6. The van der Waals surface area contributed by atoms with Crippen LogP contribution >= 0.6 is 0 Å². The number of alkyl halides is 1. The fraction of sp³-hybridized carbons (Fsp3) is 0.600. The minimum Gasteiger partial charge on any atom is -0.247 e. The number of hydrogen-bond acceptors (Lipinski definition) is 0. The van der Waals surface area contributed by atoms with Crippen molar-refractivity contribution < 1.29 is 4.39 Å². The van der Waals surface area contributed by atoms with Gasteiger partial charge in [0.25, 0.3) is 0 Å². The van der Waals surface area contributed by atoms with Gasteiger partial charge in [0.05, 0.1) is 0 Å². The van der Waals surface area contributed by atoms with E-state index in [1.165, 1.54) is 16.7 Å². The molecule has 1 aromatic carbocycles. The van der Waals surface area contributed by atoms with Gasteiger partial charge in [-0.25, -0.2) is 4.39 Å². The predicted molar refractivity (Wildman–Crippen MR) is 66.6 cm³/mol. The molecule has 0 spiro atoms. The maximum atomic E-state index is 13.5. The van der Waals surface area contributed by atoms with Crippen LogP contribution in [0.2, 0.25) is 0 Å². The molecule has 0 saturated heterocycles. The Labute approximate surface area is 97.9 Å². The molecule has 1 fully saturated rings. The molecule has 1 aliphatic rings. The van der Waals surface area contributed by atoms with Crippen LogP contribution in [-0.2, 0) is 0 Å². The van der Waals surface area contributed by atoms with Crippen molar-refractivity contribution in [3.63, 3.8) is 0 Å². The number of benzene rings is 1. The summed E-state index contributed by atoms with van der Waals surface area (Å²) in [6, 6.07) is 6.55. The monoisotopic (exact) mass is 220 g/mol. The Kier molecular flexibility index (Phi) is 3.32. The predicted octanol–water partition coefficient (Wildman–Crippen LogP) is 4.55. The van der Waals surface area contributed by atoms with E-state index in [4.69, 9.17) is 0 Å². The minimum absolute atomic E-state index is 0.420. The number of rotatable bonds is 1. The Balaban J connectivity index is 2.30. The molecular weight excluding hydrogens is 199 g/mol. The summed E-state index contributed by atoms with van der Waals surface area (Å²) in [6.45, 7) is 6.52. The van der Waals surface area contributed by atoms with E-state index in [2.05, 4.69) is 39.0 Å². The SMILES string of the molecule is Cc1ccc(C)c(C2CC(F)CCC2C)c1. The average Bonchev–Trinajstić information content (AvgIpc) is 2.25. The van der Waals surface area contributed by atoms with Crippen LogP contribution < -0.4 is 0 Å². The van der Waals surface area contributed by atoms with Gasteiger partial charge in [-0.3, -0.25) is 0 Å². The highest BCUT2D eigenvalue weighted by atomic mass is 19.1. The second-order valence-electron chi connectivity index (χ2n) is 5.35. The van der Waals surface area contributed by atoms with E-state index >= 15 is 0 Å². The topological polar surface area (TPSA) is 0 Å². The van der Waals surface area contributed by atoms with Crippen LogP contribution in [0.5, 0.6) is 0 Å². The summed E-state index contributed by atoms with van der Waals surface area (Å²) in [4.78, 5) is 0. The molecule has 16 heavy (non-hydrogen) atoms. The number of aryl methyl sites for hydroxylation is 2. The molecule has 0 nitrogen and oxygen atoms in total. The smallest absolute Gasteiger partial charge is 0.101 e. The summed E-state index contributed by atoms with van der Waals surface area (Å²) in [6.07, 6.45) is 1.90. The van der Waals surface area contributed by atoms with E-state index < -0.39 is 6.17 Å². The summed E-state index contributed by atoms with van der Waals surface area (Å²) in [5, 5.41) is 0. The van der Waals surface area contributed by atoms with Crippen molar-refractivity contribution in [3.8, 4) is 0 Å². The second-order valence-corrected chi connectivity index (χ2v) is 5.35. The first-order valence-corrected chi connectivity index (χ1v) is 6.29. The Bertz CT molecular complexity index is 370. The van der Waals surface area contributed by atoms with Gasteiger partial charge in [-0.2, -0.15) is 0 Å². The normalized spacial score (nSPS) is 30.4. The molecular formula is C15H21F. The summed E-state index contributed by atoms with van der Waals surface area (Å²) >= 11 is 0. The quantitative estimate of drug-likeness (QED) is 0.651. The second kappa shape index (κ2) is 4.57. The lowest BCUT2D eigenvalue weighted by molar-refractivity contribution is 0.190. The van der Waals surface area contributed by atoms with Crippen LogP contribution in [0.4, 0.5) is 4.39 Å². The molecule has 3 unspecified atom stereocenters. The van der Waals surface area contributed by atoms with Crippen LogP contribution in [0, 0.1) is 19.8 Å². The molecule has 0 amide bonds. The Morgan fingerprint density at radius 1 is 1.19 bits per heavy atom. The summed E-state index contributed by atoms with van der Waals surface area (Å²) in [5.74, 6) is 1.04. The first-order valence-electron chi connectivity index (χ1n) is 6.29. The third-order valence-electron chi connectivity index (χ3n) is 3.97. The van der Waals surface area contributed by atoms with Gasteiger partial charge in [0.1, 0.15) is 6.17 Å². The Morgan fingerprint density at radius 2 is 1.94 bits per heavy atom. The Morgan fingerprint density at radius 3 is 2.69 bits per heavy atom. The molecule has 3 atom stereocenters. The Hall–Kier alpha value is -0.850. The van der Waals surface area contributed by atoms with Gasteiger partial charge in [0, 0.05) is 0 Å². The van der Waals surface area contributed by atoms with Crippen LogP contribution in [-0.4, -0.2) is 6.17 Å². The molecule has 1 heteroatoms. The zero-order valence-corrected chi connectivity index (χ0v) is 10.5. The molecule has 1 aliphatic carbocycles. The van der Waals surface area contributed by atoms with Crippen molar-refractivity contribution >= 4 is 0 Å². The highest BCUT2D eigenvalue weighted by molar-refractivity contribution is 5.34. The van der Waals surface area contributed by atoms with Gasteiger partial charge in [0.15, 0.2) is 0 Å². The summed E-state index contributed by atoms with van der Waals surface area (Å²) in [7, 11) is 0. The van der Waals surface area contributed by atoms with Crippen LogP contribution in [0.3, 0.4) is 0 Å². The third-order valence-corrected chi connectivity index (χ3v) is 3.97. The van der Waals surface area contributed by atoms with Gasteiger partial charge < -0.3 is 0 Å². The van der Waals surface area contributed by atoms with E-state index in [9.17, 15) is 4.39 Å². The number of halogens is 1. The molecule has 0 N–H and O–H groups in total. The minimum atomic E-state index is -0.596. The fourth-order valence-electron chi connectivity index (χ4n) is 2.86. The van der Waals surface area contributed by atoms with Gasteiger partial charge in [-0.15, -0.1) is 0 Å². The molecule has 0 bridgehead atoms. The molecule has 0 radical (unpaired) electrons. The highest BCUT2D eigenvalue weighted by Gasteiger charge is 2.29. The fourth-order valence-corrected chi connectivity index (χ4v) is 2.86. The lowest BCUT2D eigenvalue weighted by atomic mass is 9.74. The molecule has 1 aromatic rings. The first-order chi connectivity index (χ1) is 7.58. The average molecular weight is 220 g/mol. The van der Waals surface area contributed by atoms with E-state index in [0.717, 1.165) is 12.8 Å². The van der Waals surface area contributed by atoms with Gasteiger partial charge >= 0.3 is 0 Å². The molecule has 0 heterocycles. The maximum Gasteiger partial charge on any atom is 0.101 e. The largest absolute Gasteiger partial charge is 0.247 e. The van der Waals surface area contributed by atoms with Crippen molar-refractivity contribution in [2.75, 3.05) is 0 Å². The molecule has 1 saturated carbocycles. The number of hydrogen-bond donors (Lipinski definition) is 0. The molecule has 0 aromatic heterocycles. The van der Waals surface area contributed by atoms with E-state index in [0.29, 0.717) is 18.3 Å². The van der Waals surface area contributed by atoms with E-state index in [1.54, 1.807) is 0 Å². The van der Waals surface area contributed by atoms with Crippen molar-refractivity contribution in [2.24, 2.45) is 5.92 Å². The zero-order valence-electron chi connectivity index (χ0n) is 10.5. The van der Waals surface area contributed by atoms with E-state index in [-0.39, 0.29) is 0 Å². The zero-order chi connectivity index (χ0) is 11.7. The van der Waals surface area contributed by atoms with Crippen LogP contribution in [0.15, 0.2) is 18.2 Å². The van der Waals surface area contributed by atoms with Crippen LogP contribution in [0.25, 0.3) is 0 Å². The van der Waals surface area contributed by atoms with Gasteiger partial charge in [0.2, 0.25) is 0 Å². The van der Waals surface area contributed by atoms with Crippen molar-refractivity contribution in [3.05, 3.63) is 34.9 Å². The van der Waals surface area contributed by atoms with Crippen molar-refractivity contribution in [1.82, 2.24) is 0 Å². The molecule has 88 valence electrons. The summed E-state index contributed by atoms with van der Waals surface area (Å²) < 4.78 is 13.5. The lowest BCUT2D eigenvalue weighted by Crippen LogP contribution is -2.22. The third kappa shape index (κ3) is 2.28. The van der Waals surface area contributed by atoms with Crippen molar-refractivity contribution in [2.45, 2.75) is 52.1 Å². The molecule has 0 aliphatic heterocycles. The van der Waals surface area contributed by atoms with Crippen molar-refractivity contribution in [1.29, 1.82) is 0 Å². The standard InChI is InChI=1S/C15H21F/c1-10-4-5-11(2)14(8-10)15-9-13(16)7-6-12(15)3/h4-5,8,12-13,15H,6-7,9H2,1-3H3.